The molecule has 1 fully saturated rings. The lowest BCUT2D eigenvalue weighted by Crippen LogP contribution is -2.51. The van der Waals surface area contributed by atoms with Gasteiger partial charge in [0.1, 0.15) is 0 Å². The molecule has 2 aromatic carbocycles. The Morgan fingerprint density at radius 1 is 1.00 bits per heavy atom. The Balaban J connectivity index is 1.36. The van der Waals surface area contributed by atoms with Crippen molar-refractivity contribution in [3.05, 3.63) is 69.3 Å². The highest BCUT2D eigenvalue weighted by Gasteiger charge is 2.29. The third-order valence-electron chi connectivity index (χ3n) is 5.94. The van der Waals surface area contributed by atoms with E-state index in [4.69, 9.17) is 0 Å². The van der Waals surface area contributed by atoms with Crippen LogP contribution in [-0.2, 0) is 11.2 Å². The molecule has 0 atom stereocenters. The molecule has 0 N–H and O–H groups in total. The lowest BCUT2D eigenvalue weighted by molar-refractivity contribution is -0.385. The number of carbonyl (C=O) groups is 2. The molecular weight excluding hydrogens is 384 g/mol. The Morgan fingerprint density at radius 3 is 2.47 bits per heavy atom. The number of hydrogen-bond acceptors (Lipinski definition) is 5. The van der Waals surface area contributed by atoms with Crippen molar-refractivity contribution in [3.63, 3.8) is 0 Å². The van der Waals surface area contributed by atoms with Gasteiger partial charge in [-0.05, 0) is 31.0 Å². The summed E-state index contributed by atoms with van der Waals surface area (Å²) in [6.07, 6.45) is 0.882. The SMILES string of the molecule is Cc1c(C(=O)N2CCN(CC(=O)N3CCc4ccccc43)CC2)cccc1[N+](=O)[O-]. The smallest absolute Gasteiger partial charge is 0.273 e. The second kappa shape index (κ2) is 8.23. The first-order chi connectivity index (χ1) is 14.5. The number of benzene rings is 2. The Morgan fingerprint density at radius 2 is 1.73 bits per heavy atom. The minimum absolute atomic E-state index is 0.0454. The van der Waals surface area contributed by atoms with Crippen molar-refractivity contribution < 1.29 is 14.5 Å². The van der Waals surface area contributed by atoms with Gasteiger partial charge in [-0.2, -0.15) is 0 Å². The highest BCUT2D eigenvalue weighted by atomic mass is 16.6. The highest BCUT2D eigenvalue weighted by molar-refractivity contribution is 5.97. The summed E-state index contributed by atoms with van der Waals surface area (Å²) in [6, 6.07) is 12.6. The molecule has 2 aliphatic heterocycles. The summed E-state index contributed by atoms with van der Waals surface area (Å²) in [4.78, 5) is 42.0. The number of nitro benzene ring substituents is 1. The second-order valence-electron chi connectivity index (χ2n) is 7.70. The fourth-order valence-corrected chi connectivity index (χ4v) is 4.21. The number of anilines is 1. The van der Waals surface area contributed by atoms with Gasteiger partial charge >= 0.3 is 0 Å². The van der Waals surface area contributed by atoms with Gasteiger partial charge in [-0.3, -0.25) is 24.6 Å². The largest absolute Gasteiger partial charge is 0.336 e. The number of nitrogens with zero attached hydrogens (tertiary/aromatic N) is 4. The van der Waals surface area contributed by atoms with Crippen LogP contribution in [0.25, 0.3) is 0 Å². The van der Waals surface area contributed by atoms with E-state index < -0.39 is 4.92 Å². The zero-order valence-electron chi connectivity index (χ0n) is 16.9. The third-order valence-corrected chi connectivity index (χ3v) is 5.94. The van der Waals surface area contributed by atoms with E-state index in [1.165, 1.54) is 11.6 Å². The van der Waals surface area contributed by atoms with Crippen LogP contribution in [-0.4, -0.2) is 65.8 Å². The van der Waals surface area contributed by atoms with E-state index in [1.54, 1.807) is 24.0 Å². The van der Waals surface area contributed by atoms with Crippen molar-refractivity contribution in [2.75, 3.05) is 44.2 Å². The number of nitro groups is 1. The summed E-state index contributed by atoms with van der Waals surface area (Å²) in [7, 11) is 0. The van der Waals surface area contributed by atoms with Gasteiger partial charge in [0.05, 0.1) is 11.5 Å². The standard InChI is InChI=1S/C22H24N4O4/c1-16-18(6-4-8-19(16)26(29)30)22(28)24-13-11-23(12-14-24)15-21(27)25-10-9-17-5-2-3-7-20(17)25/h2-8H,9-15H2,1H3. The number of hydrogen-bond donors (Lipinski definition) is 0. The zero-order valence-corrected chi connectivity index (χ0v) is 16.9. The fraction of sp³-hybridized carbons (Fsp3) is 0.364. The monoisotopic (exact) mass is 408 g/mol. The molecule has 0 bridgehead atoms. The first kappa shape index (κ1) is 20.0. The van der Waals surface area contributed by atoms with Crippen LogP contribution in [0, 0.1) is 17.0 Å². The number of carbonyl (C=O) groups excluding carboxylic acids is 2. The van der Waals surface area contributed by atoms with Crippen LogP contribution in [0.1, 0.15) is 21.5 Å². The summed E-state index contributed by atoms with van der Waals surface area (Å²) in [6.45, 7) is 4.82. The maximum Gasteiger partial charge on any atom is 0.273 e. The van der Waals surface area contributed by atoms with Gasteiger partial charge in [0.2, 0.25) is 5.91 Å². The Kier molecular flexibility index (Phi) is 5.50. The minimum atomic E-state index is -0.466. The van der Waals surface area contributed by atoms with Crippen molar-refractivity contribution >= 4 is 23.2 Å². The average molecular weight is 408 g/mol. The third kappa shape index (κ3) is 3.78. The predicted octanol–water partition coefficient (Wildman–Crippen LogP) is 2.25. The molecule has 2 amide bonds. The molecule has 0 aliphatic carbocycles. The van der Waals surface area contributed by atoms with Crippen molar-refractivity contribution in [2.24, 2.45) is 0 Å². The van der Waals surface area contributed by atoms with Crippen LogP contribution in [0.5, 0.6) is 0 Å². The molecule has 8 heteroatoms. The quantitative estimate of drug-likeness (QED) is 0.572. The molecule has 156 valence electrons. The molecule has 2 heterocycles. The van der Waals surface area contributed by atoms with E-state index in [9.17, 15) is 19.7 Å². The average Bonchev–Trinajstić information content (AvgIpc) is 3.18. The van der Waals surface area contributed by atoms with Crippen LogP contribution in [0.3, 0.4) is 0 Å². The molecule has 8 nitrogen and oxygen atoms in total. The van der Waals surface area contributed by atoms with Gasteiger partial charge in [-0.25, -0.2) is 0 Å². The molecule has 0 spiro atoms. The second-order valence-corrected chi connectivity index (χ2v) is 7.70. The van der Waals surface area contributed by atoms with E-state index >= 15 is 0 Å². The van der Waals surface area contributed by atoms with Gasteiger partial charge < -0.3 is 9.80 Å². The Hall–Kier alpha value is -3.26. The van der Waals surface area contributed by atoms with Crippen LogP contribution in [0.2, 0.25) is 0 Å². The fourth-order valence-electron chi connectivity index (χ4n) is 4.21. The van der Waals surface area contributed by atoms with E-state index in [-0.39, 0.29) is 17.5 Å². The summed E-state index contributed by atoms with van der Waals surface area (Å²) in [5.41, 5.74) is 2.90. The van der Waals surface area contributed by atoms with Gasteiger partial charge in [-0.1, -0.05) is 24.3 Å². The molecule has 2 aromatic rings. The zero-order chi connectivity index (χ0) is 21.3. The normalized spacial score (nSPS) is 16.4. The van der Waals surface area contributed by atoms with Crippen molar-refractivity contribution in [3.8, 4) is 0 Å². The molecular formula is C22H24N4O4. The van der Waals surface area contributed by atoms with Crippen LogP contribution < -0.4 is 4.90 Å². The topological polar surface area (TPSA) is 87.0 Å². The number of rotatable bonds is 4. The predicted molar refractivity (Wildman–Crippen MR) is 113 cm³/mol. The molecule has 1 saturated heterocycles. The van der Waals surface area contributed by atoms with Crippen molar-refractivity contribution in [1.29, 1.82) is 0 Å². The van der Waals surface area contributed by atoms with E-state index in [2.05, 4.69) is 11.0 Å². The van der Waals surface area contributed by atoms with Gasteiger partial charge in [-0.15, -0.1) is 0 Å². The molecule has 0 unspecified atom stereocenters. The Bertz CT molecular complexity index is 998. The molecule has 30 heavy (non-hydrogen) atoms. The lowest BCUT2D eigenvalue weighted by atomic mass is 10.1. The molecule has 4 rings (SSSR count). The van der Waals surface area contributed by atoms with E-state index in [1.807, 2.05) is 23.1 Å². The van der Waals surface area contributed by atoms with E-state index in [0.717, 1.165) is 12.1 Å². The van der Waals surface area contributed by atoms with Gasteiger partial charge in [0, 0.05) is 55.6 Å². The maximum atomic E-state index is 12.9. The Labute approximate surface area is 174 Å². The van der Waals surface area contributed by atoms with Crippen LogP contribution >= 0.6 is 0 Å². The van der Waals surface area contributed by atoms with Crippen LogP contribution in [0.15, 0.2) is 42.5 Å². The van der Waals surface area contributed by atoms with E-state index in [0.29, 0.717) is 50.4 Å². The van der Waals surface area contributed by atoms with Crippen LogP contribution in [0.4, 0.5) is 11.4 Å². The number of fused-ring (bicyclic) bond motifs is 1. The number of piperazine rings is 1. The summed E-state index contributed by atoms with van der Waals surface area (Å²) in [5, 5.41) is 11.1. The lowest BCUT2D eigenvalue weighted by Gasteiger charge is -2.35. The first-order valence-corrected chi connectivity index (χ1v) is 10.1. The summed E-state index contributed by atoms with van der Waals surface area (Å²) >= 11 is 0. The summed E-state index contributed by atoms with van der Waals surface area (Å²) in [5.74, 6) is -0.120. The molecule has 0 saturated carbocycles. The first-order valence-electron chi connectivity index (χ1n) is 10.1. The maximum absolute atomic E-state index is 12.9. The summed E-state index contributed by atoms with van der Waals surface area (Å²) < 4.78 is 0. The van der Waals surface area contributed by atoms with Gasteiger partial charge in [0.25, 0.3) is 11.6 Å². The molecule has 0 radical (unpaired) electrons. The number of amides is 2. The minimum Gasteiger partial charge on any atom is -0.336 e. The molecule has 2 aliphatic rings. The number of para-hydroxylation sites is 1. The van der Waals surface area contributed by atoms with Gasteiger partial charge in [0.15, 0.2) is 0 Å². The van der Waals surface area contributed by atoms with Crippen molar-refractivity contribution in [2.45, 2.75) is 13.3 Å². The highest BCUT2D eigenvalue weighted by Crippen LogP contribution is 2.27. The van der Waals surface area contributed by atoms with Crippen molar-refractivity contribution in [1.82, 2.24) is 9.80 Å². The molecule has 0 aromatic heterocycles.